The Kier molecular flexibility index (Phi) is 7.65. The molecule has 1 N–H and O–H groups in total. The van der Waals surface area contributed by atoms with Gasteiger partial charge in [0.15, 0.2) is 5.60 Å². The van der Waals surface area contributed by atoms with Gasteiger partial charge in [0.1, 0.15) is 0 Å². The number of ether oxygens (including phenoxy) is 1. The lowest BCUT2D eigenvalue weighted by molar-refractivity contribution is -0.145. The van der Waals surface area contributed by atoms with E-state index in [4.69, 9.17) is 4.74 Å². The highest BCUT2D eigenvalue weighted by Crippen LogP contribution is 2.61. The van der Waals surface area contributed by atoms with E-state index in [1.807, 2.05) is 79.7 Å². The van der Waals surface area contributed by atoms with Crippen molar-refractivity contribution in [2.24, 2.45) is 5.92 Å². The van der Waals surface area contributed by atoms with E-state index in [0.717, 1.165) is 11.3 Å². The summed E-state index contributed by atoms with van der Waals surface area (Å²) in [6.45, 7) is 5.72. The number of aliphatic hydroxyl groups is 1. The molecule has 4 heterocycles. The van der Waals surface area contributed by atoms with Crippen LogP contribution >= 0.6 is 0 Å². The number of aromatic nitrogens is 3. The van der Waals surface area contributed by atoms with E-state index in [2.05, 4.69) is 10.3 Å². The van der Waals surface area contributed by atoms with Crippen molar-refractivity contribution in [2.75, 3.05) is 16.4 Å². The molecule has 11 heteroatoms. The molecule has 1 spiro atoms. The number of halogens is 1. The fourth-order valence-electron chi connectivity index (χ4n) is 7.85. The average molecular weight is 640 g/mol. The summed E-state index contributed by atoms with van der Waals surface area (Å²) in [5.41, 5.74) is 3.34. The molecule has 3 aliphatic rings. The molecule has 0 unspecified atom stereocenters. The first-order valence-corrected chi connectivity index (χ1v) is 18.9. The lowest BCUT2D eigenvalue weighted by Gasteiger charge is -2.32. The second-order valence-corrected chi connectivity index (χ2v) is 16.8. The van der Waals surface area contributed by atoms with Crippen molar-refractivity contribution in [2.45, 2.75) is 69.5 Å². The molecule has 3 aliphatic heterocycles. The predicted molar refractivity (Wildman–Crippen MR) is 175 cm³/mol. The Hall–Kier alpha value is -4.19. The number of aliphatic hydroxyl groups excluding tert-OH is 1. The van der Waals surface area contributed by atoms with Gasteiger partial charge in [0.2, 0.25) is 14.3 Å². The first-order chi connectivity index (χ1) is 22.1. The number of carbonyl (C=O) groups is 2. The number of carbonyl (C=O) groups excluding carboxylic acids is 2. The smallest absolute Gasteiger partial charge is 0.268 e. The van der Waals surface area contributed by atoms with Gasteiger partial charge >= 0.3 is 0 Å². The van der Waals surface area contributed by atoms with Gasteiger partial charge in [0, 0.05) is 60.6 Å². The summed E-state index contributed by atoms with van der Waals surface area (Å²) in [5, 5.41) is 17.6. The van der Waals surface area contributed by atoms with Gasteiger partial charge in [-0.2, -0.15) is 0 Å². The zero-order chi connectivity index (χ0) is 32.2. The molecule has 0 saturated carbocycles. The number of hydrogen-bond acceptors (Lipinski definition) is 6. The standard InChI is InChI=1S/C35H38FN5O4Si/c1-23-33(46(2,3)36)31(17-19-39-22-25(18-20-42)37-38-39)45-35(23)28-21-27(40-29-12-8-7-9-24(29)13-16-32(40)43)14-15-30(28)41(34(35)44)26-10-5-4-6-11-26/h4-12,14-15,21-23,31,33,42H,13,16-20H2,1-3H3/t23-,31+,33-,35+/m1/s1. The van der Waals surface area contributed by atoms with Gasteiger partial charge in [-0.3, -0.25) is 24.1 Å². The first-order valence-electron chi connectivity index (χ1n) is 15.9. The number of para-hydroxylation sites is 2. The van der Waals surface area contributed by atoms with Crippen LogP contribution in [0.4, 0.5) is 26.9 Å². The van der Waals surface area contributed by atoms with Crippen molar-refractivity contribution in [3.05, 3.63) is 95.8 Å². The minimum atomic E-state index is -3.38. The number of benzene rings is 3. The molecule has 0 radical (unpaired) electrons. The molecule has 0 aliphatic carbocycles. The molecule has 0 bridgehead atoms. The van der Waals surface area contributed by atoms with E-state index in [1.54, 1.807) is 33.8 Å². The summed E-state index contributed by atoms with van der Waals surface area (Å²) in [6.07, 6.45) is 3.12. The number of nitrogens with zero attached hydrogens (tertiary/aromatic N) is 5. The number of fused-ring (bicyclic) bond motifs is 3. The summed E-state index contributed by atoms with van der Waals surface area (Å²) >= 11 is 0. The van der Waals surface area contributed by atoms with Crippen molar-refractivity contribution >= 4 is 43.0 Å². The van der Waals surface area contributed by atoms with Crippen LogP contribution in [0.5, 0.6) is 0 Å². The molecule has 238 valence electrons. The van der Waals surface area contributed by atoms with E-state index in [9.17, 15) is 14.7 Å². The monoisotopic (exact) mass is 639 g/mol. The van der Waals surface area contributed by atoms with Crippen molar-refractivity contribution in [1.82, 2.24) is 15.0 Å². The Morgan fingerprint density at radius 3 is 2.50 bits per heavy atom. The maximum absolute atomic E-state index is 16.4. The Labute approximate surface area is 268 Å². The van der Waals surface area contributed by atoms with Crippen molar-refractivity contribution < 1.29 is 23.5 Å². The van der Waals surface area contributed by atoms with Gasteiger partial charge in [0.25, 0.3) is 5.91 Å². The van der Waals surface area contributed by atoms with E-state index in [1.165, 1.54) is 0 Å². The van der Waals surface area contributed by atoms with Crippen LogP contribution in [0.3, 0.4) is 0 Å². The maximum atomic E-state index is 16.4. The van der Waals surface area contributed by atoms with Gasteiger partial charge in [-0.25, -0.2) is 0 Å². The molecule has 46 heavy (non-hydrogen) atoms. The SMILES string of the molecule is C[C@@H]1[C@@H]([Si](C)(C)F)[C@H](CCn2cc(CCO)nn2)O[C@@]12C(=O)N(c1ccccc1)c1ccc(N3C(=O)CCc4ccccc43)cc12. The minimum absolute atomic E-state index is 0.0150. The summed E-state index contributed by atoms with van der Waals surface area (Å²) < 4.78 is 25.0. The largest absolute Gasteiger partial charge is 0.396 e. The lowest BCUT2D eigenvalue weighted by Crippen LogP contribution is -2.44. The van der Waals surface area contributed by atoms with Gasteiger partial charge in [-0.05, 0) is 67.9 Å². The van der Waals surface area contributed by atoms with Crippen LogP contribution in [0, 0.1) is 5.92 Å². The van der Waals surface area contributed by atoms with Crippen LogP contribution < -0.4 is 9.80 Å². The maximum Gasteiger partial charge on any atom is 0.268 e. The molecule has 9 nitrogen and oxygen atoms in total. The second kappa shape index (κ2) is 11.6. The molecule has 4 aromatic rings. The number of aryl methyl sites for hydroxylation is 2. The van der Waals surface area contributed by atoms with Gasteiger partial charge in [-0.1, -0.05) is 48.5 Å². The summed E-state index contributed by atoms with van der Waals surface area (Å²) in [5.74, 6) is -0.747. The van der Waals surface area contributed by atoms with Crippen molar-refractivity contribution in [1.29, 1.82) is 0 Å². The van der Waals surface area contributed by atoms with Crippen LogP contribution in [-0.4, -0.2) is 53.0 Å². The highest BCUT2D eigenvalue weighted by atomic mass is 28.4. The first kappa shape index (κ1) is 30.5. The Morgan fingerprint density at radius 1 is 0.978 bits per heavy atom. The number of hydrogen-bond donors (Lipinski definition) is 1. The van der Waals surface area contributed by atoms with Gasteiger partial charge in [0.05, 0.1) is 23.2 Å². The van der Waals surface area contributed by atoms with Gasteiger partial charge in [-0.15, -0.1) is 5.10 Å². The third-order valence-electron chi connectivity index (χ3n) is 9.81. The minimum Gasteiger partial charge on any atom is -0.396 e. The fourth-order valence-corrected chi connectivity index (χ4v) is 10.4. The Bertz CT molecular complexity index is 1790. The zero-order valence-corrected chi connectivity index (χ0v) is 27.3. The van der Waals surface area contributed by atoms with Crippen LogP contribution in [-0.2, 0) is 39.3 Å². The number of amides is 2. The fraction of sp³-hybridized carbons (Fsp3) is 0.371. The Morgan fingerprint density at radius 2 is 1.74 bits per heavy atom. The summed E-state index contributed by atoms with van der Waals surface area (Å²) in [7, 11) is -3.38. The number of rotatable bonds is 8. The molecular weight excluding hydrogens is 602 g/mol. The van der Waals surface area contributed by atoms with E-state index >= 15 is 4.11 Å². The topological polar surface area (TPSA) is 101 Å². The molecule has 1 fully saturated rings. The number of anilines is 4. The summed E-state index contributed by atoms with van der Waals surface area (Å²) in [4.78, 5) is 31.7. The third kappa shape index (κ3) is 4.88. The van der Waals surface area contributed by atoms with E-state index < -0.39 is 31.6 Å². The average Bonchev–Trinajstić information content (AvgIpc) is 3.69. The normalized spacial score (nSPS) is 24.2. The highest BCUT2D eigenvalue weighted by molar-refractivity contribution is 6.72. The molecule has 4 atom stereocenters. The predicted octanol–water partition coefficient (Wildman–Crippen LogP) is 5.97. The van der Waals surface area contributed by atoms with Crippen LogP contribution in [0.2, 0.25) is 18.6 Å². The summed E-state index contributed by atoms with van der Waals surface area (Å²) in [6, 6.07) is 23.0. The Balaban J connectivity index is 1.34. The quantitative estimate of drug-likeness (QED) is 0.189. The van der Waals surface area contributed by atoms with E-state index in [-0.39, 0.29) is 18.4 Å². The van der Waals surface area contributed by atoms with E-state index in [0.29, 0.717) is 60.5 Å². The van der Waals surface area contributed by atoms with Crippen LogP contribution in [0.15, 0.2) is 79.0 Å². The van der Waals surface area contributed by atoms with Crippen molar-refractivity contribution in [3.8, 4) is 0 Å². The second-order valence-electron chi connectivity index (χ2n) is 13.0. The van der Waals surface area contributed by atoms with Crippen molar-refractivity contribution in [3.63, 3.8) is 0 Å². The zero-order valence-electron chi connectivity index (χ0n) is 26.3. The highest BCUT2D eigenvalue weighted by Gasteiger charge is 2.67. The molecule has 1 saturated heterocycles. The molecule has 1 aromatic heterocycles. The van der Waals surface area contributed by atoms with Gasteiger partial charge < -0.3 is 14.0 Å². The third-order valence-corrected chi connectivity index (χ3v) is 12.3. The molecule has 3 aromatic carbocycles. The molecule has 7 rings (SSSR count). The van der Waals surface area contributed by atoms with Crippen LogP contribution in [0.1, 0.15) is 36.6 Å². The van der Waals surface area contributed by atoms with Crippen LogP contribution in [0.25, 0.3) is 0 Å². The molecule has 2 amide bonds. The lowest BCUT2D eigenvalue weighted by atomic mass is 9.82. The molecular formula is C35H38FN5O4Si.